The van der Waals surface area contributed by atoms with E-state index in [1.54, 1.807) is 20.2 Å². The van der Waals surface area contributed by atoms with E-state index in [1.807, 2.05) is 30.3 Å². The summed E-state index contributed by atoms with van der Waals surface area (Å²) in [5.41, 5.74) is 2.17. The zero-order chi connectivity index (χ0) is 15.7. The molecule has 0 fully saturated rings. The fourth-order valence-corrected chi connectivity index (χ4v) is 3.54. The van der Waals surface area contributed by atoms with Crippen molar-refractivity contribution in [1.82, 2.24) is 19.5 Å². The van der Waals surface area contributed by atoms with Gasteiger partial charge < -0.3 is 0 Å². The first-order valence-corrected chi connectivity index (χ1v) is 8.27. The van der Waals surface area contributed by atoms with Crippen LogP contribution < -0.4 is 4.72 Å². The quantitative estimate of drug-likeness (QED) is 0.795. The van der Waals surface area contributed by atoms with Crippen LogP contribution in [0, 0.1) is 6.92 Å². The zero-order valence-electron chi connectivity index (χ0n) is 12.3. The molecule has 22 heavy (non-hydrogen) atoms. The Labute approximate surface area is 128 Å². The number of hydrogen-bond donors (Lipinski definition) is 1. The van der Waals surface area contributed by atoms with Gasteiger partial charge in [0.2, 0.25) is 10.0 Å². The SMILES string of the molecule is Cc1nn(C)cc1S(=O)(=O)NCc1cnc2ccccc2c1. The molecule has 0 bridgehead atoms. The number of pyridine rings is 1. The van der Waals surface area contributed by atoms with Gasteiger partial charge in [0.15, 0.2) is 0 Å². The lowest BCUT2D eigenvalue weighted by atomic mass is 10.2. The Balaban J connectivity index is 1.82. The molecule has 0 aliphatic carbocycles. The molecule has 7 heteroatoms. The summed E-state index contributed by atoms with van der Waals surface area (Å²) in [6.45, 7) is 1.86. The molecule has 6 nitrogen and oxygen atoms in total. The van der Waals surface area contributed by atoms with Crippen molar-refractivity contribution < 1.29 is 8.42 Å². The Kier molecular flexibility index (Phi) is 3.67. The minimum Gasteiger partial charge on any atom is -0.274 e. The number of nitrogens with one attached hydrogen (secondary N) is 1. The van der Waals surface area contributed by atoms with Gasteiger partial charge >= 0.3 is 0 Å². The normalized spacial score (nSPS) is 11.9. The number of para-hydroxylation sites is 1. The molecule has 3 aromatic rings. The van der Waals surface area contributed by atoms with Gasteiger partial charge in [-0.05, 0) is 24.6 Å². The molecule has 114 valence electrons. The lowest BCUT2D eigenvalue weighted by Gasteiger charge is -2.06. The first-order chi connectivity index (χ1) is 10.5. The number of nitrogens with zero attached hydrogens (tertiary/aromatic N) is 3. The zero-order valence-corrected chi connectivity index (χ0v) is 13.1. The molecule has 2 heterocycles. The van der Waals surface area contributed by atoms with Gasteiger partial charge in [0.25, 0.3) is 0 Å². The molecule has 0 unspecified atom stereocenters. The van der Waals surface area contributed by atoms with Crippen molar-refractivity contribution in [3.05, 3.63) is 54.0 Å². The molecule has 0 atom stereocenters. The standard InChI is InChI=1S/C15H16N4O2S/c1-11-15(10-19(2)18-11)22(20,21)17-9-12-7-13-5-3-4-6-14(13)16-8-12/h3-8,10,17H,9H2,1-2H3. The fraction of sp³-hybridized carbons (Fsp3) is 0.200. The smallest absolute Gasteiger partial charge is 0.244 e. The molecule has 3 rings (SSSR count). The van der Waals surface area contributed by atoms with Gasteiger partial charge in [0, 0.05) is 31.4 Å². The summed E-state index contributed by atoms with van der Waals surface area (Å²) in [7, 11) is -1.89. The maximum atomic E-state index is 12.3. The van der Waals surface area contributed by atoms with Crippen LogP contribution in [0.1, 0.15) is 11.3 Å². The van der Waals surface area contributed by atoms with E-state index in [9.17, 15) is 8.42 Å². The van der Waals surface area contributed by atoms with Crippen molar-refractivity contribution in [2.45, 2.75) is 18.4 Å². The molecule has 0 radical (unpaired) electrons. The predicted octanol–water partition coefficient (Wildman–Crippen LogP) is 1.76. The second-order valence-electron chi connectivity index (χ2n) is 5.11. The highest BCUT2D eigenvalue weighted by Gasteiger charge is 2.19. The van der Waals surface area contributed by atoms with Crippen molar-refractivity contribution in [3.8, 4) is 0 Å². The number of benzene rings is 1. The molecule has 0 aliphatic rings. The minimum atomic E-state index is -3.58. The Hall–Kier alpha value is -2.25. The molecule has 1 aromatic carbocycles. The fourth-order valence-electron chi connectivity index (χ4n) is 2.31. The third-order valence-electron chi connectivity index (χ3n) is 3.37. The summed E-state index contributed by atoms with van der Waals surface area (Å²) < 4.78 is 28.7. The summed E-state index contributed by atoms with van der Waals surface area (Å²) >= 11 is 0. The van der Waals surface area contributed by atoms with E-state index >= 15 is 0 Å². The molecule has 1 N–H and O–H groups in total. The van der Waals surface area contributed by atoms with Crippen molar-refractivity contribution in [3.63, 3.8) is 0 Å². The predicted molar refractivity (Wildman–Crippen MR) is 83.7 cm³/mol. The summed E-state index contributed by atoms with van der Waals surface area (Å²) in [5.74, 6) is 0. The number of aryl methyl sites for hydroxylation is 2. The molecule has 0 aliphatic heterocycles. The first kappa shape index (κ1) is 14.7. The minimum absolute atomic E-state index is 0.189. The highest BCUT2D eigenvalue weighted by atomic mass is 32.2. The Bertz CT molecular complexity index is 932. The third-order valence-corrected chi connectivity index (χ3v) is 4.88. The van der Waals surface area contributed by atoms with E-state index < -0.39 is 10.0 Å². The van der Waals surface area contributed by atoms with E-state index in [1.165, 1.54) is 10.9 Å². The van der Waals surface area contributed by atoms with Crippen molar-refractivity contribution in [2.75, 3.05) is 0 Å². The van der Waals surface area contributed by atoms with Gasteiger partial charge in [-0.2, -0.15) is 5.10 Å². The molecule has 0 amide bonds. The van der Waals surface area contributed by atoms with Crippen LogP contribution in [-0.4, -0.2) is 23.2 Å². The van der Waals surface area contributed by atoms with Gasteiger partial charge in [-0.25, -0.2) is 13.1 Å². The van der Waals surface area contributed by atoms with Crippen molar-refractivity contribution >= 4 is 20.9 Å². The van der Waals surface area contributed by atoms with Crippen LogP contribution in [0.3, 0.4) is 0 Å². The maximum absolute atomic E-state index is 12.3. The Morgan fingerprint density at radius 2 is 2.05 bits per heavy atom. The molecule has 0 saturated heterocycles. The van der Waals surface area contributed by atoms with E-state index in [0.29, 0.717) is 5.69 Å². The Morgan fingerprint density at radius 3 is 2.77 bits per heavy atom. The number of rotatable bonds is 4. The molecular formula is C15H16N4O2S. The van der Waals surface area contributed by atoms with Crippen LogP contribution >= 0.6 is 0 Å². The molecular weight excluding hydrogens is 300 g/mol. The van der Waals surface area contributed by atoms with E-state index in [0.717, 1.165) is 16.5 Å². The molecule has 2 aromatic heterocycles. The lowest BCUT2D eigenvalue weighted by Crippen LogP contribution is -2.23. The number of fused-ring (bicyclic) bond motifs is 1. The van der Waals surface area contributed by atoms with Gasteiger partial charge in [-0.15, -0.1) is 0 Å². The van der Waals surface area contributed by atoms with E-state index in [-0.39, 0.29) is 11.4 Å². The second kappa shape index (κ2) is 5.51. The van der Waals surface area contributed by atoms with Crippen LogP contribution in [0.2, 0.25) is 0 Å². The largest absolute Gasteiger partial charge is 0.274 e. The first-order valence-electron chi connectivity index (χ1n) is 6.79. The van der Waals surface area contributed by atoms with Crippen LogP contribution in [0.5, 0.6) is 0 Å². The van der Waals surface area contributed by atoms with Gasteiger partial charge in [0.05, 0.1) is 11.2 Å². The lowest BCUT2D eigenvalue weighted by molar-refractivity contribution is 0.580. The van der Waals surface area contributed by atoms with Gasteiger partial charge in [0.1, 0.15) is 4.90 Å². The summed E-state index contributed by atoms with van der Waals surface area (Å²) in [6.07, 6.45) is 3.18. The van der Waals surface area contributed by atoms with Crippen LogP contribution in [0.25, 0.3) is 10.9 Å². The highest BCUT2D eigenvalue weighted by Crippen LogP contribution is 2.15. The average Bonchev–Trinajstić information content (AvgIpc) is 2.85. The van der Waals surface area contributed by atoms with Gasteiger partial charge in [-0.3, -0.25) is 9.67 Å². The molecule has 0 spiro atoms. The summed E-state index contributed by atoms with van der Waals surface area (Å²) in [6, 6.07) is 9.65. The summed E-state index contributed by atoms with van der Waals surface area (Å²) in [5, 5.41) is 5.04. The van der Waals surface area contributed by atoms with Crippen molar-refractivity contribution in [2.24, 2.45) is 7.05 Å². The maximum Gasteiger partial charge on any atom is 0.244 e. The summed E-state index contributed by atoms with van der Waals surface area (Å²) in [4.78, 5) is 4.52. The third kappa shape index (κ3) is 2.86. The van der Waals surface area contributed by atoms with E-state index in [2.05, 4.69) is 14.8 Å². The highest BCUT2D eigenvalue weighted by molar-refractivity contribution is 7.89. The van der Waals surface area contributed by atoms with E-state index in [4.69, 9.17) is 0 Å². The van der Waals surface area contributed by atoms with Crippen LogP contribution in [-0.2, 0) is 23.6 Å². The van der Waals surface area contributed by atoms with Crippen LogP contribution in [0.15, 0.2) is 47.6 Å². The second-order valence-corrected chi connectivity index (χ2v) is 6.85. The number of aromatic nitrogens is 3. The average molecular weight is 316 g/mol. The monoisotopic (exact) mass is 316 g/mol. The number of hydrogen-bond acceptors (Lipinski definition) is 4. The molecule has 0 saturated carbocycles. The number of sulfonamides is 1. The van der Waals surface area contributed by atoms with Crippen LogP contribution in [0.4, 0.5) is 0 Å². The van der Waals surface area contributed by atoms with Gasteiger partial charge in [-0.1, -0.05) is 18.2 Å². The topological polar surface area (TPSA) is 76.9 Å². The Morgan fingerprint density at radius 1 is 1.27 bits per heavy atom. The van der Waals surface area contributed by atoms with Crippen molar-refractivity contribution in [1.29, 1.82) is 0 Å².